The number of rotatable bonds is 8. The predicted molar refractivity (Wildman–Crippen MR) is 118 cm³/mol. The zero-order valence-corrected chi connectivity index (χ0v) is 18.6. The van der Waals surface area contributed by atoms with Gasteiger partial charge < -0.3 is 24.4 Å². The monoisotopic (exact) mass is 442 g/mol. The summed E-state index contributed by atoms with van der Waals surface area (Å²) < 4.78 is 24.1. The first-order valence-corrected chi connectivity index (χ1v) is 10.2. The Balaban J connectivity index is 2.13. The molecule has 0 spiro atoms. The van der Waals surface area contributed by atoms with Crippen molar-refractivity contribution in [1.29, 1.82) is 0 Å². The topological polar surface area (TPSA) is 79.3 Å². The Hall–Kier alpha value is -3.39. The summed E-state index contributed by atoms with van der Waals surface area (Å²) in [7, 11) is 6.86. The molecule has 1 fully saturated rings. The highest BCUT2D eigenvalue weighted by atomic mass is 19.1. The molecule has 0 bridgehead atoms. The molecular formula is C24H27FN2O5. The Bertz CT molecular complexity index is 1030. The molecule has 3 rings (SSSR count). The number of hydrogen-bond donors (Lipinski definition) is 1. The Labute approximate surface area is 186 Å². The molecule has 7 nitrogen and oxygen atoms in total. The summed E-state index contributed by atoms with van der Waals surface area (Å²) >= 11 is 0. The second-order valence-electron chi connectivity index (χ2n) is 7.77. The quantitative estimate of drug-likeness (QED) is 0.384. The van der Waals surface area contributed by atoms with Crippen LogP contribution in [0.1, 0.15) is 23.6 Å². The average molecular weight is 442 g/mol. The minimum absolute atomic E-state index is 0.0429. The van der Waals surface area contributed by atoms with E-state index in [1.54, 1.807) is 18.2 Å². The van der Waals surface area contributed by atoms with Crippen LogP contribution >= 0.6 is 0 Å². The van der Waals surface area contributed by atoms with Gasteiger partial charge >= 0.3 is 0 Å². The zero-order valence-electron chi connectivity index (χ0n) is 18.6. The Morgan fingerprint density at radius 1 is 1.06 bits per heavy atom. The number of ether oxygens (including phenoxy) is 2. The SMILES string of the molecule is COc1ccc(C2/C(=C(/O)c3ccc(F)cc3)C(=O)C(=O)N2CCCN(C)C)cc1OC. The van der Waals surface area contributed by atoms with Crippen LogP contribution in [-0.2, 0) is 9.59 Å². The number of aliphatic hydroxyl groups excluding tert-OH is 1. The highest BCUT2D eigenvalue weighted by Gasteiger charge is 2.46. The summed E-state index contributed by atoms with van der Waals surface area (Å²) in [6.45, 7) is 1.04. The summed E-state index contributed by atoms with van der Waals surface area (Å²) in [4.78, 5) is 29.4. The van der Waals surface area contributed by atoms with Gasteiger partial charge in [-0.15, -0.1) is 0 Å². The normalized spacial score (nSPS) is 17.8. The van der Waals surface area contributed by atoms with Gasteiger partial charge in [0.15, 0.2) is 11.5 Å². The first-order chi connectivity index (χ1) is 15.3. The van der Waals surface area contributed by atoms with E-state index in [0.29, 0.717) is 30.0 Å². The fourth-order valence-electron chi connectivity index (χ4n) is 3.80. The lowest BCUT2D eigenvalue weighted by atomic mass is 9.95. The lowest BCUT2D eigenvalue weighted by Gasteiger charge is -2.26. The van der Waals surface area contributed by atoms with Crippen molar-refractivity contribution in [2.45, 2.75) is 12.5 Å². The maximum absolute atomic E-state index is 13.4. The van der Waals surface area contributed by atoms with E-state index < -0.39 is 23.5 Å². The van der Waals surface area contributed by atoms with E-state index in [4.69, 9.17) is 9.47 Å². The minimum atomic E-state index is -0.818. The maximum Gasteiger partial charge on any atom is 0.295 e. The van der Waals surface area contributed by atoms with Gasteiger partial charge in [-0.1, -0.05) is 6.07 Å². The van der Waals surface area contributed by atoms with Gasteiger partial charge in [0.1, 0.15) is 11.6 Å². The fourth-order valence-corrected chi connectivity index (χ4v) is 3.80. The third kappa shape index (κ3) is 4.60. The number of carbonyl (C=O) groups is 2. The molecule has 1 atom stereocenters. The number of carbonyl (C=O) groups excluding carboxylic acids is 2. The molecule has 1 N–H and O–H groups in total. The Morgan fingerprint density at radius 3 is 2.31 bits per heavy atom. The standard InChI is InChI=1S/C24H27FN2O5/c1-26(2)12-5-13-27-21(16-8-11-18(31-3)19(14-16)32-4)20(23(29)24(27)30)22(28)15-6-9-17(25)10-7-15/h6-11,14,21,28H,5,12-13H2,1-4H3/b22-20-. The Kier molecular flexibility index (Phi) is 7.15. The van der Waals surface area contributed by atoms with E-state index in [0.717, 1.165) is 6.54 Å². The van der Waals surface area contributed by atoms with E-state index in [9.17, 15) is 19.1 Å². The molecule has 0 saturated carbocycles. The van der Waals surface area contributed by atoms with Crippen LogP contribution in [-0.4, -0.2) is 68.0 Å². The number of benzene rings is 2. The van der Waals surface area contributed by atoms with Crippen molar-refractivity contribution in [3.05, 3.63) is 65.0 Å². The smallest absolute Gasteiger partial charge is 0.295 e. The van der Waals surface area contributed by atoms with Crippen molar-refractivity contribution < 1.29 is 28.6 Å². The molecule has 0 aliphatic carbocycles. The van der Waals surface area contributed by atoms with Crippen molar-refractivity contribution >= 4 is 17.4 Å². The zero-order chi connectivity index (χ0) is 23.4. The van der Waals surface area contributed by atoms with Crippen LogP contribution in [0.25, 0.3) is 5.76 Å². The van der Waals surface area contributed by atoms with Crippen LogP contribution < -0.4 is 9.47 Å². The van der Waals surface area contributed by atoms with Gasteiger partial charge in [0.25, 0.3) is 11.7 Å². The highest BCUT2D eigenvalue weighted by Crippen LogP contribution is 2.42. The molecule has 8 heteroatoms. The number of hydrogen-bond acceptors (Lipinski definition) is 6. The van der Waals surface area contributed by atoms with E-state index in [1.165, 1.54) is 43.4 Å². The van der Waals surface area contributed by atoms with Gasteiger partial charge in [0, 0.05) is 12.1 Å². The van der Waals surface area contributed by atoms with Crippen molar-refractivity contribution in [2.24, 2.45) is 0 Å². The Morgan fingerprint density at radius 2 is 1.72 bits per heavy atom. The van der Waals surface area contributed by atoms with E-state index in [1.807, 2.05) is 19.0 Å². The first-order valence-electron chi connectivity index (χ1n) is 10.2. The van der Waals surface area contributed by atoms with Gasteiger partial charge in [-0.05, 0) is 69.0 Å². The van der Waals surface area contributed by atoms with E-state index in [2.05, 4.69) is 0 Å². The third-order valence-corrected chi connectivity index (χ3v) is 5.39. The number of methoxy groups -OCH3 is 2. The van der Waals surface area contributed by atoms with Crippen LogP contribution in [0.3, 0.4) is 0 Å². The molecule has 1 saturated heterocycles. The van der Waals surface area contributed by atoms with E-state index in [-0.39, 0.29) is 16.9 Å². The highest BCUT2D eigenvalue weighted by molar-refractivity contribution is 6.46. The average Bonchev–Trinajstić information content (AvgIpc) is 3.03. The predicted octanol–water partition coefficient (Wildman–Crippen LogP) is 3.22. The molecule has 1 aliphatic heterocycles. The van der Waals surface area contributed by atoms with Crippen LogP contribution in [0.15, 0.2) is 48.0 Å². The molecule has 2 aromatic rings. The molecular weight excluding hydrogens is 415 g/mol. The summed E-state index contributed by atoms with van der Waals surface area (Å²) in [6, 6.07) is 9.40. The van der Waals surface area contributed by atoms with Crippen LogP contribution in [0.5, 0.6) is 11.5 Å². The number of ketones is 1. The van der Waals surface area contributed by atoms with Gasteiger partial charge in [-0.25, -0.2) is 4.39 Å². The molecule has 1 heterocycles. The van der Waals surface area contributed by atoms with Crippen LogP contribution in [0.4, 0.5) is 4.39 Å². The largest absolute Gasteiger partial charge is 0.507 e. The molecule has 170 valence electrons. The van der Waals surface area contributed by atoms with Crippen LogP contribution in [0, 0.1) is 5.82 Å². The van der Waals surface area contributed by atoms with Crippen molar-refractivity contribution in [2.75, 3.05) is 41.4 Å². The first kappa shape index (κ1) is 23.3. The lowest BCUT2D eigenvalue weighted by molar-refractivity contribution is -0.139. The number of halogens is 1. The fraction of sp³-hybridized carbons (Fsp3) is 0.333. The summed E-state index contributed by atoms with van der Waals surface area (Å²) in [5, 5.41) is 11.0. The molecule has 32 heavy (non-hydrogen) atoms. The summed E-state index contributed by atoms with van der Waals surface area (Å²) in [5.41, 5.74) is 0.803. The molecule has 2 aromatic carbocycles. The number of amides is 1. The molecule has 1 unspecified atom stereocenters. The van der Waals surface area contributed by atoms with Crippen molar-refractivity contribution in [1.82, 2.24) is 9.80 Å². The number of likely N-dealkylation sites (tertiary alicyclic amines) is 1. The van der Waals surface area contributed by atoms with E-state index >= 15 is 0 Å². The molecule has 0 radical (unpaired) electrons. The number of aliphatic hydroxyl groups is 1. The van der Waals surface area contributed by atoms with Gasteiger partial charge in [0.05, 0.1) is 25.8 Å². The summed E-state index contributed by atoms with van der Waals surface area (Å²) in [6.07, 6.45) is 0.639. The second-order valence-corrected chi connectivity index (χ2v) is 7.77. The van der Waals surface area contributed by atoms with Gasteiger partial charge in [-0.2, -0.15) is 0 Å². The van der Waals surface area contributed by atoms with Gasteiger partial charge in [0.2, 0.25) is 0 Å². The molecule has 1 aliphatic rings. The maximum atomic E-state index is 13.4. The van der Waals surface area contributed by atoms with Gasteiger partial charge in [-0.3, -0.25) is 9.59 Å². The second kappa shape index (κ2) is 9.82. The molecule has 1 amide bonds. The third-order valence-electron chi connectivity index (χ3n) is 5.39. The minimum Gasteiger partial charge on any atom is -0.507 e. The van der Waals surface area contributed by atoms with Crippen molar-refractivity contribution in [3.63, 3.8) is 0 Å². The van der Waals surface area contributed by atoms with Crippen LogP contribution in [0.2, 0.25) is 0 Å². The number of Topliss-reactive ketones (excluding diaryl/α,β-unsaturated/α-hetero) is 1. The van der Waals surface area contributed by atoms with Crippen molar-refractivity contribution in [3.8, 4) is 11.5 Å². The lowest BCUT2D eigenvalue weighted by Crippen LogP contribution is -2.32. The summed E-state index contributed by atoms with van der Waals surface area (Å²) in [5.74, 6) is -1.35. The molecule has 0 aromatic heterocycles. The number of nitrogens with zero attached hydrogens (tertiary/aromatic N) is 2.